The predicted molar refractivity (Wildman–Crippen MR) is 138 cm³/mol. The van der Waals surface area contributed by atoms with E-state index < -0.39 is 24.0 Å². The number of carbonyl (C=O) groups is 3. The second-order valence-corrected chi connectivity index (χ2v) is 9.82. The summed E-state index contributed by atoms with van der Waals surface area (Å²) < 4.78 is 5.24. The minimum Gasteiger partial charge on any atom is -0.497 e. The maximum absolute atomic E-state index is 13.9. The van der Waals surface area contributed by atoms with Crippen LogP contribution >= 0.6 is 11.3 Å². The number of methoxy groups -OCH3 is 1. The Morgan fingerprint density at radius 2 is 1.66 bits per heavy atom. The Morgan fingerprint density at radius 1 is 0.971 bits per heavy atom. The van der Waals surface area contributed by atoms with Gasteiger partial charge in [0.15, 0.2) is 0 Å². The van der Waals surface area contributed by atoms with Crippen LogP contribution in [0.2, 0.25) is 0 Å². The average molecular weight is 492 g/mol. The van der Waals surface area contributed by atoms with Crippen molar-refractivity contribution in [2.45, 2.75) is 32.9 Å². The number of hydrogen-bond acceptors (Lipinski definition) is 6. The number of urea groups is 1. The molecule has 182 valence electrons. The van der Waals surface area contributed by atoms with Crippen LogP contribution < -0.4 is 15.0 Å². The molecule has 2 heterocycles. The van der Waals surface area contributed by atoms with E-state index in [0.29, 0.717) is 5.69 Å². The standard InChI is InChI=1S/C27H29N3O4S/c1-17(2)24-26(32)29(20-9-6-5-7-10-20)27(33)30(24)25(31)18(3)23(22-11-8-16-35-22)28-19-12-14-21(34-4)15-13-19/h5-18,23-24,28H,1-4H3/t18-,23+,24+/m1/s1. The lowest BCUT2D eigenvalue weighted by Gasteiger charge is -2.30. The molecule has 2 aromatic carbocycles. The summed E-state index contributed by atoms with van der Waals surface area (Å²) in [5.41, 5.74) is 1.28. The highest BCUT2D eigenvalue weighted by Gasteiger charge is 2.51. The lowest BCUT2D eigenvalue weighted by Crippen LogP contribution is -2.47. The third-order valence-electron chi connectivity index (χ3n) is 6.18. The van der Waals surface area contributed by atoms with E-state index in [2.05, 4.69) is 5.32 Å². The van der Waals surface area contributed by atoms with Gasteiger partial charge in [0.05, 0.1) is 24.8 Å². The molecule has 4 rings (SSSR count). The smallest absolute Gasteiger partial charge is 0.338 e. The van der Waals surface area contributed by atoms with Gasteiger partial charge in [-0.3, -0.25) is 14.5 Å². The van der Waals surface area contributed by atoms with E-state index in [-0.39, 0.29) is 17.7 Å². The van der Waals surface area contributed by atoms with Crippen LogP contribution in [0, 0.1) is 11.8 Å². The number of amides is 4. The second kappa shape index (κ2) is 10.3. The Bertz CT molecular complexity index is 1180. The van der Waals surface area contributed by atoms with Crippen molar-refractivity contribution in [3.63, 3.8) is 0 Å². The number of ether oxygens (including phenoxy) is 1. The van der Waals surface area contributed by atoms with Gasteiger partial charge in [-0.1, -0.05) is 45.0 Å². The summed E-state index contributed by atoms with van der Waals surface area (Å²) in [5, 5.41) is 5.40. The van der Waals surface area contributed by atoms with Crippen LogP contribution in [0.4, 0.5) is 16.2 Å². The molecule has 1 aliphatic rings. The first kappa shape index (κ1) is 24.5. The van der Waals surface area contributed by atoms with E-state index in [9.17, 15) is 14.4 Å². The van der Waals surface area contributed by atoms with Gasteiger partial charge in [0, 0.05) is 10.6 Å². The first-order valence-electron chi connectivity index (χ1n) is 11.5. The molecule has 3 aromatic rings. The number of thiophene rings is 1. The largest absolute Gasteiger partial charge is 0.497 e. The van der Waals surface area contributed by atoms with Gasteiger partial charge in [-0.2, -0.15) is 0 Å². The Kier molecular flexibility index (Phi) is 7.21. The zero-order valence-corrected chi connectivity index (χ0v) is 21.0. The molecule has 4 amide bonds. The van der Waals surface area contributed by atoms with E-state index in [1.807, 2.05) is 61.7 Å². The van der Waals surface area contributed by atoms with Crippen molar-refractivity contribution >= 4 is 40.6 Å². The maximum Gasteiger partial charge on any atom is 0.338 e. The molecule has 35 heavy (non-hydrogen) atoms. The van der Waals surface area contributed by atoms with Gasteiger partial charge in [0.25, 0.3) is 5.91 Å². The molecule has 0 spiro atoms. The van der Waals surface area contributed by atoms with E-state index in [1.165, 1.54) is 11.3 Å². The van der Waals surface area contributed by atoms with E-state index in [0.717, 1.165) is 26.1 Å². The summed E-state index contributed by atoms with van der Waals surface area (Å²) in [4.78, 5) is 43.9. The Morgan fingerprint density at radius 3 is 2.23 bits per heavy atom. The van der Waals surface area contributed by atoms with Gasteiger partial charge in [-0.15, -0.1) is 11.3 Å². The molecule has 1 aromatic heterocycles. The number of carbonyl (C=O) groups excluding carboxylic acids is 3. The van der Waals surface area contributed by atoms with Crippen molar-refractivity contribution in [3.05, 3.63) is 77.0 Å². The second-order valence-electron chi connectivity index (χ2n) is 8.84. The molecule has 1 N–H and O–H groups in total. The molecule has 0 saturated carbocycles. The summed E-state index contributed by atoms with van der Waals surface area (Å²) in [6.45, 7) is 5.49. The maximum atomic E-state index is 13.9. The molecule has 0 radical (unpaired) electrons. The van der Waals surface area contributed by atoms with Gasteiger partial charge in [-0.25, -0.2) is 9.69 Å². The number of para-hydroxylation sites is 1. The first-order chi connectivity index (χ1) is 16.8. The van der Waals surface area contributed by atoms with Gasteiger partial charge >= 0.3 is 6.03 Å². The number of anilines is 2. The minimum absolute atomic E-state index is 0.231. The molecule has 1 saturated heterocycles. The fourth-order valence-corrected chi connectivity index (χ4v) is 5.21. The Balaban J connectivity index is 1.66. The van der Waals surface area contributed by atoms with Crippen molar-refractivity contribution < 1.29 is 19.1 Å². The van der Waals surface area contributed by atoms with Crippen molar-refractivity contribution in [2.24, 2.45) is 11.8 Å². The predicted octanol–water partition coefficient (Wildman–Crippen LogP) is 5.57. The summed E-state index contributed by atoms with van der Waals surface area (Å²) in [5.74, 6) is -0.891. The number of rotatable bonds is 8. The summed E-state index contributed by atoms with van der Waals surface area (Å²) in [7, 11) is 1.61. The molecule has 1 aliphatic heterocycles. The fraction of sp³-hybridized carbons (Fsp3) is 0.296. The average Bonchev–Trinajstić information content (AvgIpc) is 3.48. The summed E-state index contributed by atoms with van der Waals surface area (Å²) in [6.07, 6.45) is 0. The first-order valence-corrected chi connectivity index (χ1v) is 12.4. The molecule has 1 fully saturated rings. The lowest BCUT2D eigenvalue weighted by molar-refractivity contribution is -0.137. The van der Waals surface area contributed by atoms with Crippen molar-refractivity contribution in [3.8, 4) is 5.75 Å². The van der Waals surface area contributed by atoms with Gasteiger partial charge in [-0.05, 0) is 53.8 Å². The van der Waals surface area contributed by atoms with Gasteiger partial charge in [0.2, 0.25) is 5.91 Å². The molecule has 8 heteroatoms. The molecular weight excluding hydrogens is 462 g/mol. The summed E-state index contributed by atoms with van der Waals surface area (Å²) >= 11 is 1.53. The normalized spacial score (nSPS) is 17.6. The third-order valence-corrected chi connectivity index (χ3v) is 7.14. The molecular formula is C27H29N3O4S. The molecule has 3 atom stereocenters. The number of nitrogens with zero attached hydrogens (tertiary/aromatic N) is 2. The fourth-order valence-electron chi connectivity index (χ4n) is 4.33. The highest BCUT2D eigenvalue weighted by Crippen LogP contribution is 2.35. The highest BCUT2D eigenvalue weighted by molar-refractivity contribution is 7.10. The molecule has 0 bridgehead atoms. The Hall–Kier alpha value is -3.65. The van der Waals surface area contributed by atoms with Crippen LogP contribution in [-0.2, 0) is 9.59 Å². The Labute approximate surface area is 209 Å². The highest BCUT2D eigenvalue weighted by atomic mass is 32.1. The third kappa shape index (κ3) is 4.79. The van der Waals surface area contributed by atoms with Crippen molar-refractivity contribution in [2.75, 3.05) is 17.3 Å². The topological polar surface area (TPSA) is 79.0 Å². The van der Waals surface area contributed by atoms with Gasteiger partial charge < -0.3 is 10.1 Å². The number of benzene rings is 2. The van der Waals surface area contributed by atoms with E-state index in [1.54, 1.807) is 38.3 Å². The summed E-state index contributed by atoms with van der Waals surface area (Å²) in [6, 6.07) is 18.2. The van der Waals surface area contributed by atoms with Crippen LogP contribution in [0.3, 0.4) is 0 Å². The zero-order chi connectivity index (χ0) is 25.1. The number of hydrogen-bond donors (Lipinski definition) is 1. The van der Waals surface area contributed by atoms with Gasteiger partial charge in [0.1, 0.15) is 11.8 Å². The van der Waals surface area contributed by atoms with Crippen LogP contribution in [-0.4, -0.2) is 35.9 Å². The number of imide groups is 2. The van der Waals surface area contributed by atoms with Crippen LogP contribution in [0.25, 0.3) is 0 Å². The monoisotopic (exact) mass is 491 g/mol. The van der Waals surface area contributed by atoms with Crippen LogP contribution in [0.1, 0.15) is 31.7 Å². The van der Waals surface area contributed by atoms with E-state index >= 15 is 0 Å². The quantitative estimate of drug-likeness (QED) is 0.417. The SMILES string of the molecule is COc1ccc(N[C@H](c2cccs2)[C@@H](C)C(=O)N2C(=O)N(c3ccccc3)C(=O)[C@@H]2C(C)C)cc1. The van der Waals surface area contributed by atoms with Crippen LogP contribution in [0.15, 0.2) is 72.1 Å². The van der Waals surface area contributed by atoms with E-state index in [4.69, 9.17) is 4.74 Å². The number of nitrogens with one attached hydrogen (secondary N) is 1. The zero-order valence-electron chi connectivity index (χ0n) is 20.2. The molecule has 7 nitrogen and oxygen atoms in total. The van der Waals surface area contributed by atoms with Crippen LogP contribution in [0.5, 0.6) is 5.75 Å². The van der Waals surface area contributed by atoms with Crippen molar-refractivity contribution in [1.29, 1.82) is 0 Å². The van der Waals surface area contributed by atoms with Crippen molar-refractivity contribution in [1.82, 2.24) is 4.90 Å². The molecule has 0 unspecified atom stereocenters. The molecule has 0 aliphatic carbocycles. The minimum atomic E-state index is -0.859. The lowest BCUT2D eigenvalue weighted by atomic mass is 9.96.